The van der Waals surface area contributed by atoms with E-state index in [1.807, 2.05) is 4.98 Å². The average molecular weight is 623 g/mol. The van der Waals surface area contributed by atoms with E-state index in [0.29, 0.717) is 10.9 Å². The van der Waals surface area contributed by atoms with Crippen LogP contribution in [0.15, 0.2) is 58.3 Å². The molecule has 3 heterocycles. The number of nitrogens with zero attached hydrogens (tertiary/aromatic N) is 1. The standard InChI is InChI=1S/C27H29F2N4O9P/c1-14(2)40-21(35)12-30-43(38,42-18-9-8-16(28)23-22(18)15-6-4-5-7-17(15)31-23)39-13-19-24(36)27(3,29)25(41-19)33-11-10-20(34)32-26(33)37/h4-11,14,19,24-25,31,36H,12-13H2,1-3H3,(H,30,38)(H,32,34,37). The molecule has 2 aromatic carbocycles. The molecule has 0 radical (unpaired) electrons. The second-order valence-electron chi connectivity index (χ2n) is 10.4. The number of carbonyl (C=O) groups excluding carboxylic acids is 1. The summed E-state index contributed by atoms with van der Waals surface area (Å²) in [7, 11) is -4.56. The Morgan fingerprint density at radius 2 is 1.95 bits per heavy atom. The highest BCUT2D eigenvalue weighted by Gasteiger charge is 2.55. The number of hydrogen-bond acceptors (Lipinski definition) is 9. The van der Waals surface area contributed by atoms with Crippen molar-refractivity contribution in [3.8, 4) is 5.75 Å². The number of nitrogens with one attached hydrogen (secondary N) is 3. The first-order chi connectivity index (χ1) is 20.3. The number of H-pyrrole nitrogens is 2. The summed E-state index contributed by atoms with van der Waals surface area (Å²) in [5.74, 6) is -1.46. The molecule has 1 saturated heterocycles. The summed E-state index contributed by atoms with van der Waals surface area (Å²) >= 11 is 0. The van der Waals surface area contributed by atoms with Gasteiger partial charge in [-0.2, -0.15) is 0 Å². The van der Waals surface area contributed by atoms with Gasteiger partial charge in [-0.3, -0.25) is 23.7 Å². The van der Waals surface area contributed by atoms with Gasteiger partial charge < -0.3 is 24.1 Å². The lowest BCUT2D eigenvalue weighted by atomic mass is 9.98. The minimum atomic E-state index is -4.56. The number of alkyl halides is 1. The predicted octanol–water partition coefficient (Wildman–Crippen LogP) is 3.04. The van der Waals surface area contributed by atoms with E-state index in [9.17, 15) is 28.4 Å². The first kappa shape index (κ1) is 30.6. The molecular weight excluding hydrogens is 593 g/mol. The molecule has 230 valence electrons. The molecule has 43 heavy (non-hydrogen) atoms. The van der Waals surface area contributed by atoms with Crippen LogP contribution in [0, 0.1) is 5.82 Å². The molecule has 2 aromatic heterocycles. The Labute approximate surface area is 242 Å². The van der Waals surface area contributed by atoms with Crippen molar-refractivity contribution in [3.05, 3.63) is 75.3 Å². The molecule has 1 aliphatic heterocycles. The van der Waals surface area contributed by atoms with Gasteiger partial charge in [0.05, 0.1) is 23.6 Å². The van der Waals surface area contributed by atoms with Gasteiger partial charge in [0.1, 0.15) is 30.3 Å². The van der Waals surface area contributed by atoms with Gasteiger partial charge in [-0.05, 0) is 39.0 Å². The lowest BCUT2D eigenvalue weighted by Crippen LogP contribution is -2.43. The van der Waals surface area contributed by atoms with Crippen molar-refractivity contribution in [2.24, 2.45) is 0 Å². The van der Waals surface area contributed by atoms with Gasteiger partial charge in [0, 0.05) is 23.2 Å². The fourth-order valence-corrected chi connectivity index (χ4v) is 6.09. The fraction of sp³-hybridized carbons (Fsp3) is 0.370. The zero-order valence-corrected chi connectivity index (χ0v) is 24.1. The van der Waals surface area contributed by atoms with Crippen LogP contribution < -0.4 is 20.9 Å². The molecule has 0 spiro atoms. The molecule has 0 bridgehead atoms. The van der Waals surface area contributed by atoms with Crippen LogP contribution in [0.25, 0.3) is 21.8 Å². The molecule has 1 aliphatic rings. The van der Waals surface area contributed by atoms with Crippen LogP contribution in [0.2, 0.25) is 0 Å². The molecular formula is C27H29F2N4O9P. The van der Waals surface area contributed by atoms with E-state index in [2.05, 4.69) is 10.1 Å². The Hall–Kier alpha value is -3.88. The molecule has 5 atom stereocenters. The summed E-state index contributed by atoms with van der Waals surface area (Å²) < 4.78 is 67.2. The fourth-order valence-electron chi connectivity index (χ4n) is 4.80. The highest BCUT2D eigenvalue weighted by atomic mass is 31.2. The maximum Gasteiger partial charge on any atom is 0.459 e. The number of esters is 1. The van der Waals surface area contributed by atoms with Gasteiger partial charge in [-0.15, -0.1) is 0 Å². The van der Waals surface area contributed by atoms with Crippen LogP contribution in [0.3, 0.4) is 0 Å². The van der Waals surface area contributed by atoms with E-state index >= 15 is 4.39 Å². The van der Waals surface area contributed by atoms with Crippen molar-refractivity contribution in [2.45, 2.75) is 51.0 Å². The minimum absolute atomic E-state index is 0.0669. The number of halogens is 2. The van der Waals surface area contributed by atoms with Crippen LogP contribution in [0.1, 0.15) is 27.0 Å². The lowest BCUT2D eigenvalue weighted by Gasteiger charge is -2.25. The van der Waals surface area contributed by atoms with Crippen molar-refractivity contribution >= 4 is 35.5 Å². The third kappa shape index (κ3) is 6.12. The molecule has 0 saturated carbocycles. The van der Waals surface area contributed by atoms with Crippen molar-refractivity contribution in [1.82, 2.24) is 19.6 Å². The lowest BCUT2D eigenvalue weighted by molar-refractivity contribution is -0.146. The van der Waals surface area contributed by atoms with E-state index in [4.69, 9.17) is 18.5 Å². The Morgan fingerprint density at radius 1 is 1.21 bits per heavy atom. The SMILES string of the molecule is CC(C)OC(=O)CNP(=O)(OCC1OC(n2ccc(=O)[nH]c2=O)C(C)(F)C1O)Oc1ccc(F)c2[nH]c3ccccc3c12. The van der Waals surface area contributed by atoms with E-state index in [0.717, 1.165) is 29.8 Å². The molecule has 13 nitrogen and oxygen atoms in total. The maximum absolute atomic E-state index is 15.7. The molecule has 5 rings (SSSR count). The number of para-hydroxylation sites is 1. The second-order valence-corrected chi connectivity index (χ2v) is 12.1. The van der Waals surface area contributed by atoms with Crippen LogP contribution in [0.4, 0.5) is 8.78 Å². The van der Waals surface area contributed by atoms with Crippen molar-refractivity contribution in [1.29, 1.82) is 0 Å². The van der Waals surface area contributed by atoms with Crippen LogP contribution in [0.5, 0.6) is 5.75 Å². The maximum atomic E-state index is 15.7. The number of rotatable bonds is 10. The minimum Gasteiger partial charge on any atom is -0.462 e. The average Bonchev–Trinajstić information content (AvgIpc) is 3.44. The van der Waals surface area contributed by atoms with Gasteiger partial charge in [0.15, 0.2) is 11.9 Å². The summed E-state index contributed by atoms with van der Waals surface area (Å²) in [5, 5.41) is 13.9. The summed E-state index contributed by atoms with van der Waals surface area (Å²) in [6.45, 7) is 2.86. The number of aromatic amines is 2. The number of aliphatic hydroxyl groups is 1. The highest BCUT2D eigenvalue weighted by Crippen LogP contribution is 2.49. The summed E-state index contributed by atoms with van der Waals surface area (Å²) in [5.41, 5.74) is -3.60. The van der Waals surface area contributed by atoms with Crippen LogP contribution in [-0.2, 0) is 23.4 Å². The van der Waals surface area contributed by atoms with Crippen molar-refractivity contribution in [2.75, 3.05) is 13.2 Å². The van der Waals surface area contributed by atoms with Gasteiger partial charge in [-0.1, -0.05) is 18.2 Å². The topological polar surface area (TPSA) is 174 Å². The molecule has 16 heteroatoms. The number of fused-ring (bicyclic) bond motifs is 3. The zero-order valence-electron chi connectivity index (χ0n) is 23.2. The quantitative estimate of drug-likeness (QED) is 0.152. The van der Waals surface area contributed by atoms with E-state index in [1.165, 1.54) is 6.07 Å². The number of benzene rings is 2. The zero-order chi connectivity index (χ0) is 31.1. The second kappa shape index (κ2) is 11.7. The van der Waals surface area contributed by atoms with E-state index < -0.39 is 74.1 Å². The summed E-state index contributed by atoms with van der Waals surface area (Å²) in [6.07, 6.45) is -4.52. The molecule has 0 aliphatic carbocycles. The largest absolute Gasteiger partial charge is 0.462 e. The number of hydrogen-bond donors (Lipinski definition) is 4. The third-order valence-corrected chi connectivity index (χ3v) is 8.28. The highest BCUT2D eigenvalue weighted by molar-refractivity contribution is 7.52. The number of aromatic nitrogens is 3. The van der Waals surface area contributed by atoms with Gasteiger partial charge in [0.2, 0.25) is 0 Å². The molecule has 4 aromatic rings. The number of aliphatic hydroxyl groups excluding tert-OH is 1. The first-order valence-electron chi connectivity index (χ1n) is 13.2. The van der Waals surface area contributed by atoms with Gasteiger partial charge >= 0.3 is 19.4 Å². The summed E-state index contributed by atoms with van der Waals surface area (Å²) in [4.78, 5) is 40.9. The first-order valence-corrected chi connectivity index (χ1v) is 14.7. The molecule has 4 N–H and O–H groups in total. The van der Waals surface area contributed by atoms with E-state index in [-0.39, 0.29) is 16.7 Å². The normalized spacial score (nSPS) is 23.6. The van der Waals surface area contributed by atoms with Gasteiger partial charge in [0.25, 0.3) is 5.56 Å². The third-order valence-electron chi connectivity index (χ3n) is 6.80. The van der Waals surface area contributed by atoms with E-state index in [1.54, 1.807) is 38.1 Å². The summed E-state index contributed by atoms with van der Waals surface area (Å²) in [6, 6.07) is 10.2. The molecule has 0 amide bonds. The van der Waals surface area contributed by atoms with Crippen molar-refractivity contribution in [3.63, 3.8) is 0 Å². The Bertz CT molecular complexity index is 1840. The monoisotopic (exact) mass is 622 g/mol. The smallest absolute Gasteiger partial charge is 0.459 e. The molecule has 5 unspecified atom stereocenters. The van der Waals surface area contributed by atoms with Crippen molar-refractivity contribution < 1.29 is 41.8 Å². The predicted molar refractivity (Wildman–Crippen MR) is 150 cm³/mol. The Kier molecular flexibility index (Phi) is 8.29. The number of carbonyl (C=O) groups is 1. The van der Waals surface area contributed by atoms with Crippen LogP contribution >= 0.6 is 7.75 Å². The molecule has 1 fully saturated rings. The van der Waals surface area contributed by atoms with Gasteiger partial charge in [-0.25, -0.2) is 23.2 Å². The Balaban J connectivity index is 1.44. The Morgan fingerprint density at radius 3 is 2.67 bits per heavy atom. The number of ether oxygens (including phenoxy) is 2. The van der Waals surface area contributed by atoms with Crippen LogP contribution in [-0.4, -0.2) is 62.7 Å².